The second-order valence-electron chi connectivity index (χ2n) is 3.76. The molecule has 2 rings (SSSR count). The molecule has 2 aromatic rings. The Bertz CT molecular complexity index is 698. The van der Waals surface area contributed by atoms with Gasteiger partial charge in [-0.15, -0.1) is 0 Å². The van der Waals surface area contributed by atoms with E-state index in [9.17, 15) is 18.4 Å². The van der Waals surface area contributed by atoms with Gasteiger partial charge < -0.3 is 5.11 Å². The van der Waals surface area contributed by atoms with E-state index in [0.29, 0.717) is 0 Å². The molecule has 0 aliphatic rings. The van der Waals surface area contributed by atoms with Gasteiger partial charge in [-0.2, -0.15) is 5.10 Å². The summed E-state index contributed by atoms with van der Waals surface area (Å²) in [5, 5.41) is 12.3. The van der Waals surface area contributed by atoms with Crippen molar-refractivity contribution < 1.29 is 18.7 Å². The molecule has 0 bridgehead atoms. The van der Waals surface area contributed by atoms with Crippen molar-refractivity contribution in [2.24, 2.45) is 0 Å². The summed E-state index contributed by atoms with van der Waals surface area (Å²) in [7, 11) is 0. The Morgan fingerprint density at radius 2 is 2.00 bits per heavy atom. The van der Waals surface area contributed by atoms with Crippen LogP contribution in [0.3, 0.4) is 0 Å². The highest BCUT2D eigenvalue weighted by Gasteiger charge is 2.10. The number of hydrogen-bond donors (Lipinski definition) is 1. The van der Waals surface area contributed by atoms with Crippen LogP contribution in [0.5, 0.6) is 0 Å². The molecule has 1 aromatic carbocycles. The highest BCUT2D eigenvalue weighted by atomic mass is 19.1. The molecule has 19 heavy (non-hydrogen) atoms. The zero-order chi connectivity index (χ0) is 14.0. The van der Waals surface area contributed by atoms with Gasteiger partial charge in [0.1, 0.15) is 11.6 Å². The molecule has 0 fully saturated rings. The number of halogens is 2. The van der Waals surface area contributed by atoms with Crippen LogP contribution < -0.4 is 5.56 Å². The summed E-state index contributed by atoms with van der Waals surface area (Å²) >= 11 is 0. The molecule has 1 N–H and O–H groups in total. The van der Waals surface area contributed by atoms with Gasteiger partial charge in [0, 0.05) is 11.6 Å². The van der Waals surface area contributed by atoms with E-state index in [1.54, 1.807) is 0 Å². The molecule has 0 atom stereocenters. The lowest BCUT2D eigenvalue weighted by molar-refractivity contribution is 0.0687. The van der Waals surface area contributed by atoms with Crippen LogP contribution >= 0.6 is 0 Å². The fourth-order valence-electron chi connectivity index (χ4n) is 1.50. The van der Waals surface area contributed by atoms with E-state index in [1.165, 1.54) is 0 Å². The minimum absolute atomic E-state index is 0.0860. The van der Waals surface area contributed by atoms with Crippen molar-refractivity contribution in [1.29, 1.82) is 0 Å². The predicted molar refractivity (Wildman–Crippen MR) is 60.9 cm³/mol. The molecule has 0 spiro atoms. The fourth-order valence-corrected chi connectivity index (χ4v) is 1.50. The molecule has 0 radical (unpaired) electrons. The largest absolute Gasteiger partial charge is 0.476 e. The molecule has 7 heteroatoms. The Labute approximate surface area is 105 Å². The zero-order valence-electron chi connectivity index (χ0n) is 9.51. The summed E-state index contributed by atoms with van der Waals surface area (Å²) in [4.78, 5) is 22.2. The normalized spacial score (nSPS) is 10.4. The summed E-state index contributed by atoms with van der Waals surface area (Å²) in [5.74, 6) is -2.66. The highest BCUT2D eigenvalue weighted by molar-refractivity contribution is 5.84. The Balaban J connectivity index is 2.43. The summed E-state index contributed by atoms with van der Waals surface area (Å²) in [6.45, 7) is -0.344. The molecule has 0 saturated heterocycles. The van der Waals surface area contributed by atoms with Gasteiger partial charge in [0.2, 0.25) is 0 Å². The van der Waals surface area contributed by atoms with Crippen LogP contribution in [0.1, 0.15) is 16.1 Å². The van der Waals surface area contributed by atoms with Crippen molar-refractivity contribution in [3.05, 3.63) is 63.6 Å². The van der Waals surface area contributed by atoms with Gasteiger partial charge in [0.15, 0.2) is 5.69 Å². The number of carboxylic acid groups (broad SMARTS) is 1. The van der Waals surface area contributed by atoms with E-state index in [-0.39, 0.29) is 17.8 Å². The Morgan fingerprint density at radius 1 is 1.26 bits per heavy atom. The number of aromatic carboxylic acids is 1. The lowest BCUT2D eigenvalue weighted by atomic mass is 10.2. The van der Waals surface area contributed by atoms with E-state index in [0.717, 1.165) is 35.0 Å². The van der Waals surface area contributed by atoms with E-state index >= 15 is 0 Å². The van der Waals surface area contributed by atoms with Crippen LogP contribution in [0.4, 0.5) is 8.78 Å². The molecule has 1 heterocycles. The summed E-state index contributed by atoms with van der Waals surface area (Å²) < 4.78 is 27.2. The zero-order valence-corrected chi connectivity index (χ0v) is 9.51. The lowest BCUT2D eigenvalue weighted by Crippen LogP contribution is -2.25. The molecule has 0 unspecified atom stereocenters. The van der Waals surface area contributed by atoms with Crippen LogP contribution in [-0.4, -0.2) is 20.9 Å². The Kier molecular flexibility index (Phi) is 3.37. The average molecular weight is 266 g/mol. The maximum absolute atomic E-state index is 13.4. The monoisotopic (exact) mass is 266 g/mol. The first-order chi connectivity index (χ1) is 8.97. The standard InChI is InChI=1S/C12H8F2N2O3/c13-8-1-2-9(14)7(5-8)6-16-11(17)4-3-10(15-16)12(18)19/h1-5H,6H2,(H,18,19). The maximum atomic E-state index is 13.4. The molecule has 0 aliphatic heterocycles. The fraction of sp³-hybridized carbons (Fsp3) is 0.0833. The molecule has 98 valence electrons. The number of aromatic nitrogens is 2. The van der Waals surface area contributed by atoms with Crippen molar-refractivity contribution >= 4 is 5.97 Å². The Morgan fingerprint density at radius 3 is 2.68 bits per heavy atom. The summed E-state index contributed by atoms with van der Waals surface area (Å²) in [6, 6.07) is 4.85. The summed E-state index contributed by atoms with van der Waals surface area (Å²) in [5.41, 5.74) is -1.04. The lowest BCUT2D eigenvalue weighted by Gasteiger charge is -2.06. The molecule has 0 saturated carbocycles. The van der Waals surface area contributed by atoms with Gasteiger partial charge in [-0.1, -0.05) is 0 Å². The van der Waals surface area contributed by atoms with Crippen molar-refractivity contribution in [2.75, 3.05) is 0 Å². The van der Waals surface area contributed by atoms with Gasteiger partial charge in [-0.3, -0.25) is 4.79 Å². The van der Waals surface area contributed by atoms with Crippen LogP contribution in [0, 0.1) is 11.6 Å². The molecule has 1 aromatic heterocycles. The smallest absolute Gasteiger partial charge is 0.356 e. The molecule has 5 nitrogen and oxygen atoms in total. The minimum Gasteiger partial charge on any atom is -0.476 e. The quantitative estimate of drug-likeness (QED) is 0.908. The van der Waals surface area contributed by atoms with Crippen LogP contribution in [-0.2, 0) is 6.54 Å². The minimum atomic E-state index is -1.31. The van der Waals surface area contributed by atoms with E-state index in [4.69, 9.17) is 5.11 Å². The number of carboxylic acids is 1. The van der Waals surface area contributed by atoms with E-state index in [2.05, 4.69) is 5.10 Å². The number of nitrogens with zero attached hydrogens (tertiary/aromatic N) is 2. The first-order valence-corrected chi connectivity index (χ1v) is 5.23. The van der Waals surface area contributed by atoms with Crippen LogP contribution in [0.25, 0.3) is 0 Å². The van der Waals surface area contributed by atoms with Gasteiger partial charge in [0.25, 0.3) is 5.56 Å². The van der Waals surface area contributed by atoms with Gasteiger partial charge in [0.05, 0.1) is 6.54 Å². The third-order valence-electron chi connectivity index (χ3n) is 2.41. The highest BCUT2D eigenvalue weighted by Crippen LogP contribution is 2.10. The number of carbonyl (C=O) groups is 1. The number of hydrogen-bond acceptors (Lipinski definition) is 3. The van der Waals surface area contributed by atoms with Crippen molar-refractivity contribution in [3.8, 4) is 0 Å². The van der Waals surface area contributed by atoms with E-state index < -0.39 is 23.2 Å². The van der Waals surface area contributed by atoms with Crippen molar-refractivity contribution in [3.63, 3.8) is 0 Å². The second-order valence-corrected chi connectivity index (χ2v) is 3.76. The SMILES string of the molecule is O=C(O)c1ccc(=O)n(Cc2cc(F)ccc2F)n1. The third kappa shape index (κ3) is 2.82. The van der Waals surface area contributed by atoms with Crippen LogP contribution in [0.15, 0.2) is 35.1 Å². The molecule has 0 aliphatic carbocycles. The van der Waals surface area contributed by atoms with Crippen molar-refractivity contribution in [1.82, 2.24) is 9.78 Å². The molecular weight excluding hydrogens is 258 g/mol. The van der Waals surface area contributed by atoms with Gasteiger partial charge in [-0.25, -0.2) is 18.3 Å². The second kappa shape index (κ2) is 4.97. The topological polar surface area (TPSA) is 72.2 Å². The number of benzene rings is 1. The maximum Gasteiger partial charge on any atom is 0.356 e. The van der Waals surface area contributed by atoms with E-state index in [1.807, 2.05) is 0 Å². The first-order valence-electron chi connectivity index (χ1n) is 5.23. The third-order valence-corrected chi connectivity index (χ3v) is 2.41. The van der Waals surface area contributed by atoms with Gasteiger partial charge >= 0.3 is 5.97 Å². The Hall–Kier alpha value is -2.57. The predicted octanol–water partition coefficient (Wildman–Crippen LogP) is 1.27. The van der Waals surface area contributed by atoms with Crippen LogP contribution in [0.2, 0.25) is 0 Å². The molecular formula is C12H8F2N2O3. The summed E-state index contributed by atoms with van der Waals surface area (Å²) in [6.07, 6.45) is 0. The molecule has 0 amide bonds. The number of rotatable bonds is 3. The average Bonchev–Trinajstić information content (AvgIpc) is 2.36. The van der Waals surface area contributed by atoms with Gasteiger partial charge in [-0.05, 0) is 24.3 Å². The first kappa shape index (κ1) is 12.9. The van der Waals surface area contributed by atoms with Crippen molar-refractivity contribution in [2.45, 2.75) is 6.54 Å².